The van der Waals surface area contributed by atoms with Crippen molar-refractivity contribution in [3.63, 3.8) is 0 Å². The summed E-state index contributed by atoms with van der Waals surface area (Å²) in [5.74, 6) is 0.881. The average molecular weight is 609 g/mol. The van der Waals surface area contributed by atoms with Crippen LogP contribution in [0, 0.1) is 5.41 Å². The lowest BCUT2D eigenvalue weighted by molar-refractivity contribution is -0.138. The predicted molar refractivity (Wildman–Crippen MR) is 163 cm³/mol. The van der Waals surface area contributed by atoms with Gasteiger partial charge in [0.25, 0.3) is 5.91 Å². The molecule has 44 heavy (non-hydrogen) atoms. The highest BCUT2D eigenvalue weighted by atomic mass is 19.4. The van der Waals surface area contributed by atoms with E-state index in [0.717, 1.165) is 62.0 Å². The number of carbonyl (C=O) groups is 1. The molecule has 1 amide bonds. The summed E-state index contributed by atoms with van der Waals surface area (Å²) in [5.41, 5.74) is 1.65. The number of nitrogens with zero attached hydrogens (tertiary/aromatic N) is 5. The Morgan fingerprint density at radius 2 is 1.75 bits per heavy atom. The molecule has 7 nitrogen and oxygen atoms in total. The van der Waals surface area contributed by atoms with Crippen LogP contribution in [0.15, 0.2) is 30.6 Å². The predicted octanol–water partition coefficient (Wildman–Crippen LogP) is 7.06. The number of rotatable bonds is 9. The Bertz CT molecular complexity index is 1560. The fraction of sp³-hybridized carbons (Fsp3) is 0.588. The number of pyridine rings is 1. The lowest BCUT2D eigenvalue weighted by Crippen LogP contribution is -2.47. The highest BCUT2D eigenvalue weighted by Gasteiger charge is 2.43. The largest absolute Gasteiger partial charge is 0.416 e. The van der Waals surface area contributed by atoms with E-state index >= 15 is 0 Å². The SMILES string of the molecule is Cn1cnnc1CC1(c2cc(CCC(C)(C)C)nc(N3Cc4c(cc(CNC5(C)CCC5)cc4C(F)(F)F)C3=O)c2)CCC1. The van der Waals surface area contributed by atoms with Crippen LogP contribution in [0.4, 0.5) is 19.0 Å². The maximum Gasteiger partial charge on any atom is 0.416 e. The normalized spacial score (nSPS) is 19.1. The minimum Gasteiger partial charge on any atom is -0.321 e. The monoisotopic (exact) mass is 608 g/mol. The number of carbonyl (C=O) groups excluding carboxylic acids is 1. The first-order chi connectivity index (χ1) is 20.6. The molecule has 0 unspecified atom stereocenters. The number of amides is 1. The van der Waals surface area contributed by atoms with E-state index in [4.69, 9.17) is 4.98 Å². The Hall–Kier alpha value is -3.27. The van der Waals surface area contributed by atoms with Gasteiger partial charge in [-0.05, 0) is 98.2 Å². The number of nitrogens with one attached hydrogen (secondary N) is 1. The molecule has 1 aromatic carbocycles. The third-order valence-electron chi connectivity index (χ3n) is 10.1. The van der Waals surface area contributed by atoms with Crippen LogP contribution in [-0.2, 0) is 44.6 Å². The summed E-state index contributed by atoms with van der Waals surface area (Å²) in [4.78, 5) is 20.3. The van der Waals surface area contributed by atoms with Gasteiger partial charge in [0.2, 0.25) is 0 Å². The van der Waals surface area contributed by atoms with Gasteiger partial charge in [0.15, 0.2) is 0 Å². The van der Waals surface area contributed by atoms with Crippen LogP contribution in [0.1, 0.15) is 117 Å². The molecule has 10 heteroatoms. The zero-order chi connectivity index (χ0) is 31.5. The summed E-state index contributed by atoms with van der Waals surface area (Å²) in [7, 11) is 1.93. The van der Waals surface area contributed by atoms with E-state index in [9.17, 15) is 18.0 Å². The summed E-state index contributed by atoms with van der Waals surface area (Å²) in [6.45, 7) is 8.76. The van der Waals surface area contributed by atoms with Crippen LogP contribution in [0.3, 0.4) is 0 Å². The third kappa shape index (κ3) is 6.02. The molecule has 0 atom stereocenters. The van der Waals surface area contributed by atoms with Gasteiger partial charge in [-0.15, -0.1) is 10.2 Å². The third-order valence-corrected chi connectivity index (χ3v) is 10.1. The van der Waals surface area contributed by atoms with E-state index in [1.54, 1.807) is 12.4 Å². The van der Waals surface area contributed by atoms with Crippen molar-refractivity contribution in [2.45, 2.75) is 116 Å². The summed E-state index contributed by atoms with van der Waals surface area (Å²) in [5, 5.41) is 11.8. The smallest absolute Gasteiger partial charge is 0.321 e. The summed E-state index contributed by atoms with van der Waals surface area (Å²) >= 11 is 0. The molecular weight excluding hydrogens is 565 g/mol. The van der Waals surface area contributed by atoms with Gasteiger partial charge in [-0.2, -0.15) is 13.2 Å². The van der Waals surface area contributed by atoms with Crippen molar-refractivity contribution in [3.05, 3.63) is 69.9 Å². The maximum atomic E-state index is 14.4. The van der Waals surface area contributed by atoms with Crippen LogP contribution in [0.2, 0.25) is 0 Å². The first kappa shape index (κ1) is 30.7. The van der Waals surface area contributed by atoms with Crippen molar-refractivity contribution in [2.24, 2.45) is 12.5 Å². The maximum absolute atomic E-state index is 14.4. The van der Waals surface area contributed by atoms with Gasteiger partial charge in [0.05, 0.1) is 12.1 Å². The second-order valence-corrected chi connectivity index (χ2v) is 14.8. The van der Waals surface area contributed by atoms with Crippen molar-refractivity contribution in [3.8, 4) is 0 Å². The molecule has 0 radical (unpaired) electrons. The number of halogens is 3. The number of hydrogen-bond donors (Lipinski definition) is 1. The lowest BCUT2D eigenvalue weighted by Gasteiger charge is -2.42. The van der Waals surface area contributed by atoms with Crippen LogP contribution in [0.5, 0.6) is 0 Å². The highest BCUT2D eigenvalue weighted by Crippen LogP contribution is 2.48. The van der Waals surface area contributed by atoms with E-state index in [1.165, 1.54) is 11.0 Å². The molecule has 2 aromatic heterocycles. The number of anilines is 1. The van der Waals surface area contributed by atoms with Crippen molar-refractivity contribution >= 4 is 11.7 Å². The van der Waals surface area contributed by atoms with Gasteiger partial charge < -0.3 is 9.88 Å². The Morgan fingerprint density at radius 3 is 2.32 bits per heavy atom. The Morgan fingerprint density at radius 1 is 1.02 bits per heavy atom. The topological polar surface area (TPSA) is 75.9 Å². The van der Waals surface area contributed by atoms with Crippen LogP contribution >= 0.6 is 0 Å². The fourth-order valence-corrected chi connectivity index (χ4v) is 6.80. The van der Waals surface area contributed by atoms with E-state index in [0.29, 0.717) is 24.2 Å². The van der Waals surface area contributed by atoms with E-state index in [-0.39, 0.29) is 40.6 Å². The summed E-state index contributed by atoms with van der Waals surface area (Å²) in [6.07, 6.45) is 5.52. The molecule has 0 bridgehead atoms. The van der Waals surface area contributed by atoms with Crippen LogP contribution in [0.25, 0.3) is 0 Å². The molecule has 3 aliphatic rings. The average Bonchev–Trinajstić information content (AvgIpc) is 3.47. The van der Waals surface area contributed by atoms with Gasteiger partial charge in [-0.25, -0.2) is 4.98 Å². The van der Waals surface area contributed by atoms with Gasteiger partial charge in [-0.1, -0.05) is 27.2 Å². The molecule has 0 spiro atoms. The van der Waals surface area contributed by atoms with Gasteiger partial charge >= 0.3 is 6.18 Å². The zero-order valence-corrected chi connectivity index (χ0v) is 26.4. The number of hydrogen-bond acceptors (Lipinski definition) is 5. The molecule has 3 heterocycles. The van der Waals surface area contributed by atoms with Crippen LogP contribution in [-0.4, -0.2) is 31.2 Å². The number of aryl methyl sites for hydroxylation is 2. The molecular formula is C34H43F3N6O. The minimum atomic E-state index is -4.57. The molecule has 1 aliphatic heterocycles. The standard InChI is InChI=1S/C34H43F3N6O/c1-31(2,3)13-8-24-16-23(33(11-7-12-33)18-29-41-39-21-42(29)5)17-28(40-24)43-20-26-25(30(43)44)14-22(15-27(26)34(35,36)37)19-38-32(4)9-6-10-32/h14-17,21,38H,6-13,18-20H2,1-5H3. The van der Waals surface area contributed by atoms with Crippen molar-refractivity contribution in [1.29, 1.82) is 0 Å². The van der Waals surface area contributed by atoms with Crippen molar-refractivity contribution < 1.29 is 18.0 Å². The van der Waals surface area contributed by atoms with E-state index in [1.807, 2.05) is 17.7 Å². The fourth-order valence-electron chi connectivity index (χ4n) is 6.80. The number of alkyl halides is 3. The van der Waals surface area contributed by atoms with Gasteiger partial charge in [-0.3, -0.25) is 9.69 Å². The molecule has 0 saturated heterocycles. The first-order valence-electron chi connectivity index (χ1n) is 15.8. The summed E-state index contributed by atoms with van der Waals surface area (Å²) in [6, 6.07) is 6.94. The summed E-state index contributed by atoms with van der Waals surface area (Å²) < 4.78 is 45.2. The molecule has 236 valence electrons. The van der Waals surface area contributed by atoms with Crippen molar-refractivity contribution in [1.82, 2.24) is 25.1 Å². The Labute approximate surface area is 257 Å². The second kappa shape index (κ2) is 11.0. The molecule has 2 aliphatic carbocycles. The molecule has 1 N–H and O–H groups in total. The Kier molecular flexibility index (Phi) is 7.66. The lowest BCUT2D eigenvalue weighted by atomic mass is 9.62. The molecule has 2 saturated carbocycles. The number of aromatic nitrogens is 4. The van der Waals surface area contributed by atoms with Crippen LogP contribution < -0.4 is 10.2 Å². The highest BCUT2D eigenvalue weighted by molar-refractivity contribution is 6.10. The first-order valence-corrected chi connectivity index (χ1v) is 15.8. The second-order valence-electron chi connectivity index (χ2n) is 14.8. The minimum absolute atomic E-state index is 0.0296. The zero-order valence-electron chi connectivity index (χ0n) is 26.4. The van der Waals surface area contributed by atoms with Crippen molar-refractivity contribution in [2.75, 3.05) is 4.90 Å². The quantitative estimate of drug-likeness (QED) is 0.281. The Balaban J connectivity index is 1.37. The van der Waals surface area contributed by atoms with Gasteiger partial charge in [0.1, 0.15) is 18.0 Å². The number of fused-ring (bicyclic) bond motifs is 1. The van der Waals surface area contributed by atoms with E-state index in [2.05, 4.69) is 49.3 Å². The molecule has 6 rings (SSSR count). The number of benzene rings is 1. The molecule has 3 aromatic rings. The van der Waals surface area contributed by atoms with Gasteiger partial charge in [0, 0.05) is 42.2 Å². The molecule has 2 fully saturated rings. The van der Waals surface area contributed by atoms with E-state index < -0.39 is 17.6 Å².